The van der Waals surface area contributed by atoms with Crippen molar-refractivity contribution in [3.8, 4) is 17.4 Å². The van der Waals surface area contributed by atoms with Crippen LogP contribution in [0.3, 0.4) is 0 Å². The summed E-state index contributed by atoms with van der Waals surface area (Å²) in [6.07, 6.45) is 1.46. The van der Waals surface area contributed by atoms with Crippen molar-refractivity contribution in [3.63, 3.8) is 0 Å². The number of nitrogens with zero attached hydrogens (tertiary/aromatic N) is 5. The smallest absolute Gasteiger partial charge is 0.252 e. The first-order chi connectivity index (χ1) is 10.2. The van der Waals surface area contributed by atoms with Gasteiger partial charge in [0.2, 0.25) is 0 Å². The van der Waals surface area contributed by atoms with Gasteiger partial charge in [-0.1, -0.05) is 5.16 Å². The number of hydrogen-bond acceptors (Lipinski definition) is 5. The second-order valence-corrected chi connectivity index (χ2v) is 4.47. The number of rotatable bonds is 3. The number of benzene rings is 1. The van der Waals surface area contributed by atoms with Crippen molar-refractivity contribution in [1.82, 2.24) is 19.9 Å². The van der Waals surface area contributed by atoms with Gasteiger partial charge in [0.05, 0.1) is 6.54 Å². The Balaban J connectivity index is 1.88. The molecule has 0 radical (unpaired) electrons. The maximum atomic E-state index is 12.9. The lowest BCUT2D eigenvalue weighted by atomic mass is 10.1. The molecule has 0 atom stereocenters. The lowest BCUT2D eigenvalue weighted by Gasteiger charge is -1.99. The average molecular weight is 283 g/mol. The Kier molecular flexibility index (Phi) is 3.20. The van der Waals surface area contributed by atoms with E-state index >= 15 is 0 Å². The molecule has 6 nitrogen and oxygen atoms in total. The molecule has 0 aliphatic rings. The minimum Gasteiger partial charge on any atom is -0.356 e. The molecule has 3 rings (SSSR count). The zero-order valence-corrected chi connectivity index (χ0v) is 11.1. The Bertz CT molecular complexity index is 813. The van der Waals surface area contributed by atoms with E-state index in [-0.39, 0.29) is 11.6 Å². The highest BCUT2D eigenvalue weighted by atomic mass is 19.1. The number of nitriles is 1. The van der Waals surface area contributed by atoms with Crippen molar-refractivity contribution < 1.29 is 8.91 Å². The van der Waals surface area contributed by atoms with Crippen molar-refractivity contribution in [2.24, 2.45) is 0 Å². The van der Waals surface area contributed by atoms with Crippen LogP contribution >= 0.6 is 0 Å². The van der Waals surface area contributed by atoms with Crippen LogP contribution in [-0.2, 0) is 6.54 Å². The lowest BCUT2D eigenvalue weighted by Crippen LogP contribution is -2.02. The molecule has 0 saturated carbocycles. The largest absolute Gasteiger partial charge is 0.356 e. The molecule has 2 aromatic heterocycles. The van der Waals surface area contributed by atoms with Crippen LogP contribution in [0.2, 0.25) is 0 Å². The van der Waals surface area contributed by atoms with E-state index in [0.29, 0.717) is 18.0 Å². The fourth-order valence-corrected chi connectivity index (χ4v) is 1.96. The zero-order valence-electron chi connectivity index (χ0n) is 11.1. The van der Waals surface area contributed by atoms with Crippen molar-refractivity contribution >= 4 is 0 Å². The summed E-state index contributed by atoms with van der Waals surface area (Å²) >= 11 is 0. The lowest BCUT2D eigenvalue weighted by molar-refractivity contribution is 0.419. The summed E-state index contributed by atoms with van der Waals surface area (Å²) in [5.74, 6) is 0.392. The predicted molar refractivity (Wildman–Crippen MR) is 70.5 cm³/mol. The molecule has 0 bridgehead atoms. The highest BCUT2D eigenvalue weighted by Crippen LogP contribution is 2.26. The molecule has 104 valence electrons. The van der Waals surface area contributed by atoms with Gasteiger partial charge in [-0.05, 0) is 31.2 Å². The summed E-state index contributed by atoms with van der Waals surface area (Å²) in [6.45, 7) is 2.22. The molecule has 7 heteroatoms. The van der Waals surface area contributed by atoms with E-state index < -0.39 is 0 Å². The molecule has 2 heterocycles. The maximum absolute atomic E-state index is 12.9. The molecule has 0 saturated heterocycles. The Hall–Kier alpha value is -3.01. The van der Waals surface area contributed by atoms with Crippen LogP contribution in [0.5, 0.6) is 0 Å². The number of halogens is 1. The average Bonchev–Trinajstić information content (AvgIpc) is 3.08. The first kappa shape index (κ1) is 13.0. The van der Waals surface area contributed by atoms with Crippen LogP contribution in [0, 0.1) is 24.1 Å². The molecule has 0 spiro atoms. The fourth-order valence-electron chi connectivity index (χ4n) is 1.96. The second-order valence-electron chi connectivity index (χ2n) is 4.47. The third-order valence-corrected chi connectivity index (χ3v) is 3.08. The quantitative estimate of drug-likeness (QED) is 0.736. The first-order valence-corrected chi connectivity index (χ1v) is 6.18. The Morgan fingerprint density at radius 3 is 2.76 bits per heavy atom. The highest BCUT2D eigenvalue weighted by molar-refractivity contribution is 5.61. The molecular formula is C14H10FN5O. The van der Waals surface area contributed by atoms with Crippen molar-refractivity contribution in [2.45, 2.75) is 13.5 Å². The van der Waals surface area contributed by atoms with Crippen LogP contribution < -0.4 is 0 Å². The number of aromatic nitrogens is 4. The maximum Gasteiger partial charge on any atom is 0.252 e. The summed E-state index contributed by atoms with van der Waals surface area (Å²) < 4.78 is 19.8. The molecule has 0 amide bonds. The van der Waals surface area contributed by atoms with Crippen LogP contribution in [0.25, 0.3) is 11.3 Å². The van der Waals surface area contributed by atoms with Crippen molar-refractivity contribution in [3.05, 3.63) is 53.5 Å². The van der Waals surface area contributed by atoms with Gasteiger partial charge in [-0.25, -0.2) is 14.1 Å². The van der Waals surface area contributed by atoms with E-state index in [2.05, 4.69) is 15.2 Å². The molecular weight excluding hydrogens is 273 g/mol. The second kappa shape index (κ2) is 5.17. The van der Waals surface area contributed by atoms with Gasteiger partial charge >= 0.3 is 0 Å². The van der Waals surface area contributed by atoms with Gasteiger partial charge in [0, 0.05) is 11.1 Å². The molecule has 0 aliphatic carbocycles. The monoisotopic (exact) mass is 283 g/mol. The van der Waals surface area contributed by atoms with Crippen molar-refractivity contribution in [2.75, 3.05) is 0 Å². The topological polar surface area (TPSA) is 80.5 Å². The minimum atomic E-state index is -0.303. The van der Waals surface area contributed by atoms with E-state index in [9.17, 15) is 4.39 Å². The predicted octanol–water partition coefficient (Wildman–Crippen LogP) is 2.30. The molecule has 0 N–H and O–H groups in total. The molecule has 21 heavy (non-hydrogen) atoms. The van der Waals surface area contributed by atoms with Crippen LogP contribution in [-0.4, -0.2) is 19.9 Å². The van der Waals surface area contributed by atoms with Gasteiger partial charge in [-0.2, -0.15) is 5.26 Å². The van der Waals surface area contributed by atoms with Gasteiger partial charge in [-0.3, -0.25) is 0 Å². The molecule has 0 fully saturated rings. The van der Waals surface area contributed by atoms with Crippen molar-refractivity contribution in [1.29, 1.82) is 5.26 Å². The molecule has 1 aromatic carbocycles. The summed E-state index contributed by atoms with van der Waals surface area (Å²) in [7, 11) is 0. The van der Waals surface area contributed by atoms with Crippen LogP contribution in [0.15, 0.2) is 35.1 Å². The van der Waals surface area contributed by atoms with Gasteiger partial charge in [0.1, 0.15) is 23.9 Å². The molecule has 0 aliphatic heterocycles. The Morgan fingerprint density at radius 2 is 2.10 bits per heavy atom. The minimum absolute atomic E-state index is 0.106. The fraction of sp³-hybridized carbons (Fsp3) is 0.143. The SMILES string of the molecule is Cc1c(Cn2cnc(C#N)n2)noc1-c1ccc(F)cc1. The van der Waals surface area contributed by atoms with Gasteiger partial charge in [-0.15, -0.1) is 5.10 Å². The summed E-state index contributed by atoms with van der Waals surface area (Å²) in [6, 6.07) is 7.87. The molecule has 0 unspecified atom stereocenters. The van der Waals surface area contributed by atoms with Gasteiger partial charge in [0.15, 0.2) is 5.76 Å². The summed E-state index contributed by atoms with van der Waals surface area (Å²) in [5.41, 5.74) is 2.28. The highest BCUT2D eigenvalue weighted by Gasteiger charge is 2.14. The van der Waals surface area contributed by atoms with E-state index in [1.54, 1.807) is 12.1 Å². The van der Waals surface area contributed by atoms with E-state index in [0.717, 1.165) is 11.1 Å². The van der Waals surface area contributed by atoms with Crippen LogP contribution in [0.4, 0.5) is 4.39 Å². The third kappa shape index (κ3) is 2.51. The number of hydrogen-bond donors (Lipinski definition) is 0. The Labute approximate surface area is 119 Å². The summed E-state index contributed by atoms with van der Waals surface area (Å²) in [5, 5.41) is 16.7. The van der Waals surface area contributed by atoms with E-state index in [1.807, 2.05) is 13.0 Å². The zero-order chi connectivity index (χ0) is 14.8. The van der Waals surface area contributed by atoms with E-state index in [1.165, 1.54) is 23.1 Å². The summed E-state index contributed by atoms with van der Waals surface area (Å²) in [4.78, 5) is 3.83. The van der Waals surface area contributed by atoms with E-state index in [4.69, 9.17) is 9.78 Å². The molecule has 3 aromatic rings. The standard InChI is InChI=1S/C14H10FN5O/c1-9-12(7-20-8-17-13(6-16)18-20)19-21-14(9)10-2-4-11(15)5-3-10/h2-5,8H,7H2,1H3. The Morgan fingerprint density at radius 1 is 1.33 bits per heavy atom. The normalized spacial score (nSPS) is 10.5. The first-order valence-electron chi connectivity index (χ1n) is 6.18. The van der Waals surface area contributed by atoms with Gasteiger partial charge < -0.3 is 4.52 Å². The van der Waals surface area contributed by atoms with Crippen LogP contribution in [0.1, 0.15) is 17.1 Å². The van der Waals surface area contributed by atoms with Gasteiger partial charge in [0.25, 0.3) is 5.82 Å². The third-order valence-electron chi connectivity index (χ3n) is 3.08.